The van der Waals surface area contributed by atoms with E-state index >= 15 is 0 Å². The van der Waals surface area contributed by atoms with Crippen molar-refractivity contribution in [2.75, 3.05) is 0 Å². The van der Waals surface area contributed by atoms with Crippen molar-refractivity contribution in [3.63, 3.8) is 0 Å². The highest BCUT2D eigenvalue weighted by atomic mass is 35.5. The first-order valence-corrected chi connectivity index (χ1v) is 7.83. The Morgan fingerprint density at radius 2 is 2.00 bits per heavy atom. The van der Waals surface area contributed by atoms with Crippen LogP contribution in [-0.2, 0) is 6.61 Å². The molecule has 1 aliphatic rings. The predicted molar refractivity (Wildman–Crippen MR) is 90.8 cm³/mol. The smallest absolute Gasteiger partial charge is 0.354 e. The number of carboxylic acid groups (broad SMARTS) is 1. The van der Waals surface area contributed by atoms with Crippen molar-refractivity contribution in [2.45, 2.75) is 6.61 Å². The summed E-state index contributed by atoms with van der Waals surface area (Å²) in [5.74, 6) is -0.410. The Morgan fingerprint density at radius 1 is 1.17 bits per heavy atom. The molecule has 5 nitrogen and oxygen atoms in total. The number of hydrogen-bond acceptors (Lipinski definition) is 3. The third kappa shape index (κ3) is 2.33. The van der Waals surface area contributed by atoms with Crippen LogP contribution < -0.4 is 4.74 Å². The Kier molecular flexibility index (Phi) is 3.48. The maximum Gasteiger partial charge on any atom is 0.354 e. The average Bonchev–Trinajstić information content (AvgIpc) is 2.99. The lowest BCUT2D eigenvalue weighted by Gasteiger charge is -2.18. The molecule has 0 saturated carbocycles. The summed E-state index contributed by atoms with van der Waals surface area (Å²) < 4.78 is 5.66. The first-order valence-electron chi connectivity index (χ1n) is 7.08. The molecule has 0 aliphatic carbocycles. The van der Waals surface area contributed by atoms with E-state index in [4.69, 9.17) is 27.9 Å². The second-order valence-electron chi connectivity index (χ2n) is 5.35. The van der Waals surface area contributed by atoms with Crippen LogP contribution in [-0.4, -0.2) is 21.3 Å². The van der Waals surface area contributed by atoms with Gasteiger partial charge in [0.15, 0.2) is 5.69 Å². The third-order valence-electron chi connectivity index (χ3n) is 3.93. The highest BCUT2D eigenvalue weighted by Gasteiger charge is 2.26. The van der Waals surface area contributed by atoms with Crippen LogP contribution in [0, 0.1) is 0 Å². The fraction of sp³-hybridized carbons (Fsp3) is 0.0588. The van der Waals surface area contributed by atoms with Gasteiger partial charge in [-0.15, -0.1) is 0 Å². The second-order valence-corrected chi connectivity index (χ2v) is 6.20. The quantitative estimate of drug-likeness (QED) is 0.697. The number of carboxylic acids is 1. The molecule has 2 N–H and O–H groups in total. The minimum Gasteiger partial charge on any atom is -0.488 e. The predicted octanol–water partition coefficient (Wildman–Crippen LogP) is 4.64. The molecule has 0 amide bonds. The molecule has 2 heterocycles. The van der Waals surface area contributed by atoms with E-state index in [0.717, 1.165) is 16.7 Å². The second kappa shape index (κ2) is 5.54. The monoisotopic (exact) mass is 360 g/mol. The van der Waals surface area contributed by atoms with E-state index in [-0.39, 0.29) is 12.3 Å². The number of ether oxygens (including phenoxy) is 1. The molecule has 1 aromatic heterocycles. The molecule has 120 valence electrons. The number of hydrogen-bond donors (Lipinski definition) is 2. The van der Waals surface area contributed by atoms with Crippen LogP contribution in [0.15, 0.2) is 36.4 Å². The average molecular weight is 361 g/mol. The van der Waals surface area contributed by atoms with Crippen LogP contribution in [0.25, 0.3) is 22.4 Å². The van der Waals surface area contributed by atoms with Gasteiger partial charge in [-0.1, -0.05) is 35.3 Å². The summed E-state index contributed by atoms with van der Waals surface area (Å²) in [7, 11) is 0. The van der Waals surface area contributed by atoms with Gasteiger partial charge in [0.05, 0.1) is 5.56 Å². The Balaban J connectivity index is 1.87. The number of aromatic carboxylic acids is 1. The van der Waals surface area contributed by atoms with Gasteiger partial charge in [-0.2, -0.15) is 5.10 Å². The lowest BCUT2D eigenvalue weighted by Crippen LogP contribution is -2.09. The van der Waals surface area contributed by atoms with Gasteiger partial charge in [-0.05, 0) is 29.8 Å². The highest BCUT2D eigenvalue weighted by molar-refractivity contribution is 6.36. The van der Waals surface area contributed by atoms with E-state index < -0.39 is 5.97 Å². The summed E-state index contributed by atoms with van der Waals surface area (Å²) in [6.07, 6.45) is 0. The molecule has 0 spiro atoms. The van der Waals surface area contributed by atoms with Crippen molar-refractivity contribution < 1.29 is 14.6 Å². The lowest BCUT2D eigenvalue weighted by atomic mass is 9.97. The Morgan fingerprint density at radius 3 is 2.75 bits per heavy atom. The number of nitrogens with one attached hydrogen (secondary N) is 1. The van der Waals surface area contributed by atoms with Crippen molar-refractivity contribution in [1.82, 2.24) is 10.2 Å². The fourth-order valence-electron chi connectivity index (χ4n) is 2.79. The molecule has 2 aromatic carbocycles. The number of aromatic amines is 1. The molecule has 24 heavy (non-hydrogen) atoms. The fourth-order valence-corrected chi connectivity index (χ4v) is 3.30. The zero-order valence-electron chi connectivity index (χ0n) is 12.1. The molecule has 4 rings (SSSR count). The van der Waals surface area contributed by atoms with Crippen molar-refractivity contribution in [3.8, 4) is 28.1 Å². The number of rotatable bonds is 2. The van der Waals surface area contributed by atoms with E-state index in [1.807, 2.05) is 24.3 Å². The Labute approximate surface area is 146 Å². The zero-order chi connectivity index (χ0) is 16.8. The maximum absolute atomic E-state index is 11.3. The zero-order valence-corrected chi connectivity index (χ0v) is 13.6. The molecule has 7 heteroatoms. The minimum absolute atomic E-state index is 0.0468. The molecule has 0 radical (unpaired) electrons. The number of aromatic nitrogens is 2. The van der Waals surface area contributed by atoms with E-state index in [9.17, 15) is 9.90 Å². The van der Waals surface area contributed by atoms with Gasteiger partial charge >= 0.3 is 5.97 Å². The summed E-state index contributed by atoms with van der Waals surface area (Å²) in [5, 5.41) is 17.0. The van der Waals surface area contributed by atoms with Crippen molar-refractivity contribution in [1.29, 1.82) is 0 Å². The molecular formula is C17H10Cl2N2O3. The van der Waals surface area contributed by atoms with Crippen molar-refractivity contribution >= 4 is 29.2 Å². The largest absolute Gasteiger partial charge is 0.488 e. The van der Waals surface area contributed by atoms with Crippen LogP contribution in [0.3, 0.4) is 0 Å². The van der Waals surface area contributed by atoms with Crippen molar-refractivity contribution in [2.24, 2.45) is 0 Å². The minimum atomic E-state index is -1.06. The third-order valence-corrected chi connectivity index (χ3v) is 4.48. The molecule has 0 bridgehead atoms. The summed E-state index contributed by atoms with van der Waals surface area (Å²) >= 11 is 12.2. The molecule has 3 aromatic rings. The molecule has 1 aliphatic heterocycles. The standard InChI is InChI=1S/C17H10Cl2N2O3/c18-9-2-3-10(13(19)6-9)8-1-4-14-11(5-8)15-12(7-24-14)16(17(22)23)21-20-15/h1-6H,7H2,(H,20,21)(H,22,23). The first kappa shape index (κ1) is 15.1. The highest BCUT2D eigenvalue weighted by Crippen LogP contribution is 2.41. The summed E-state index contributed by atoms with van der Waals surface area (Å²) in [5.41, 5.74) is 3.58. The topological polar surface area (TPSA) is 75.2 Å². The summed E-state index contributed by atoms with van der Waals surface area (Å²) in [4.78, 5) is 11.3. The van der Waals surface area contributed by atoms with Gasteiger partial charge in [0.25, 0.3) is 0 Å². The van der Waals surface area contributed by atoms with E-state index in [1.54, 1.807) is 12.1 Å². The molecule has 0 atom stereocenters. The van der Waals surface area contributed by atoms with Crippen LogP contribution >= 0.6 is 23.2 Å². The number of H-pyrrole nitrogens is 1. The van der Waals surface area contributed by atoms with E-state index in [1.165, 1.54) is 0 Å². The number of halogens is 2. The molecule has 0 saturated heterocycles. The van der Waals surface area contributed by atoms with E-state index in [0.29, 0.717) is 27.1 Å². The van der Waals surface area contributed by atoms with Gasteiger partial charge in [0.1, 0.15) is 18.1 Å². The van der Waals surface area contributed by atoms with E-state index in [2.05, 4.69) is 10.2 Å². The summed E-state index contributed by atoms with van der Waals surface area (Å²) in [6, 6.07) is 10.9. The van der Waals surface area contributed by atoms with Crippen molar-refractivity contribution in [3.05, 3.63) is 57.7 Å². The van der Waals surface area contributed by atoms with Gasteiger partial charge in [0, 0.05) is 21.2 Å². The number of carbonyl (C=O) groups is 1. The lowest BCUT2D eigenvalue weighted by molar-refractivity contribution is 0.0687. The van der Waals surface area contributed by atoms with Crippen LogP contribution in [0.2, 0.25) is 10.0 Å². The molecule has 0 unspecified atom stereocenters. The van der Waals surface area contributed by atoms with Gasteiger partial charge in [-0.3, -0.25) is 5.10 Å². The Bertz CT molecular complexity index is 982. The first-order chi connectivity index (χ1) is 11.5. The SMILES string of the molecule is O=C(O)c1[nH]nc2c1COc1ccc(-c3ccc(Cl)cc3Cl)cc1-2. The normalized spacial score (nSPS) is 12.2. The molecule has 0 fully saturated rings. The van der Waals surface area contributed by atoms with Gasteiger partial charge < -0.3 is 9.84 Å². The van der Waals surface area contributed by atoms with Crippen LogP contribution in [0.5, 0.6) is 5.75 Å². The Hall–Kier alpha value is -2.50. The number of benzene rings is 2. The van der Waals surface area contributed by atoms with Crippen LogP contribution in [0.4, 0.5) is 0 Å². The number of nitrogens with zero attached hydrogens (tertiary/aromatic N) is 1. The van der Waals surface area contributed by atoms with Gasteiger partial charge in [0.2, 0.25) is 0 Å². The van der Waals surface area contributed by atoms with Crippen LogP contribution in [0.1, 0.15) is 16.1 Å². The van der Waals surface area contributed by atoms with Gasteiger partial charge in [-0.25, -0.2) is 4.79 Å². The molecular weight excluding hydrogens is 351 g/mol. The number of fused-ring (bicyclic) bond motifs is 3. The maximum atomic E-state index is 11.3. The summed E-state index contributed by atoms with van der Waals surface area (Å²) in [6.45, 7) is 0.168.